The van der Waals surface area contributed by atoms with Gasteiger partial charge < -0.3 is 4.74 Å². The summed E-state index contributed by atoms with van der Waals surface area (Å²) in [7, 11) is -3.90. The Morgan fingerprint density at radius 3 is 2.38 bits per heavy atom. The highest BCUT2D eigenvalue weighted by Gasteiger charge is 2.83. The molecule has 1 heterocycles. The van der Waals surface area contributed by atoms with Crippen LogP contribution in [0.2, 0.25) is 0 Å². The van der Waals surface area contributed by atoms with Gasteiger partial charge in [-0.2, -0.15) is 12.7 Å². The molecule has 1 aliphatic heterocycles. The Kier molecular flexibility index (Phi) is 4.13. The normalized spacial score (nSPS) is 25.4. The fourth-order valence-corrected chi connectivity index (χ4v) is 4.15. The Morgan fingerprint density at radius 2 is 1.83 bits per heavy atom. The van der Waals surface area contributed by atoms with E-state index in [2.05, 4.69) is 0 Å². The summed E-state index contributed by atoms with van der Waals surface area (Å²) in [4.78, 5) is 12.1. The largest absolute Gasteiger partial charge is 0.460 e. The Balaban J connectivity index is 1.64. The van der Waals surface area contributed by atoms with E-state index in [1.54, 1.807) is 30.3 Å². The highest BCUT2D eigenvalue weighted by Crippen LogP contribution is 2.71. The van der Waals surface area contributed by atoms with Crippen molar-refractivity contribution in [1.82, 2.24) is 4.31 Å². The third kappa shape index (κ3) is 2.80. The molecule has 2 N–H and O–H groups in total. The minimum Gasteiger partial charge on any atom is -0.460 e. The molecule has 0 amide bonds. The van der Waals surface area contributed by atoms with Gasteiger partial charge in [0.25, 0.3) is 16.1 Å². The van der Waals surface area contributed by atoms with Gasteiger partial charge >= 0.3 is 5.97 Å². The van der Waals surface area contributed by atoms with Gasteiger partial charge in [-0.3, -0.25) is 4.79 Å². The quantitative estimate of drug-likeness (QED) is 0.819. The van der Waals surface area contributed by atoms with E-state index >= 15 is 0 Å². The molecule has 1 aliphatic carbocycles. The van der Waals surface area contributed by atoms with Crippen molar-refractivity contribution in [2.45, 2.75) is 25.4 Å². The lowest BCUT2D eigenvalue weighted by Crippen LogP contribution is -2.44. The highest BCUT2D eigenvalue weighted by atomic mass is 32.2. The molecule has 9 heteroatoms. The second-order valence-electron chi connectivity index (χ2n) is 6.25. The molecule has 1 atom stereocenters. The maximum atomic E-state index is 14.2. The zero-order valence-electron chi connectivity index (χ0n) is 12.8. The van der Waals surface area contributed by atoms with Gasteiger partial charge in [0.05, 0.1) is 5.41 Å². The molecule has 1 saturated heterocycles. The number of esters is 1. The van der Waals surface area contributed by atoms with Gasteiger partial charge in [0.1, 0.15) is 12.5 Å². The molecule has 2 aliphatic rings. The molecular formula is C15H18F2N2O4S. The predicted molar refractivity (Wildman–Crippen MR) is 81.0 cm³/mol. The number of hydrogen-bond donors (Lipinski definition) is 1. The van der Waals surface area contributed by atoms with E-state index in [0.717, 1.165) is 4.31 Å². The molecule has 0 radical (unpaired) electrons. The summed E-state index contributed by atoms with van der Waals surface area (Å²) in [6.07, 6.45) is -0.219. The molecule has 1 aromatic carbocycles. The minimum atomic E-state index is -3.90. The first-order chi connectivity index (χ1) is 11.2. The van der Waals surface area contributed by atoms with Crippen LogP contribution in [-0.4, -0.2) is 37.7 Å². The van der Waals surface area contributed by atoms with Crippen LogP contribution in [0.15, 0.2) is 30.3 Å². The summed E-state index contributed by atoms with van der Waals surface area (Å²) in [6, 6.07) is 8.80. The van der Waals surface area contributed by atoms with Crippen LogP contribution in [0.4, 0.5) is 8.78 Å². The summed E-state index contributed by atoms with van der Waals surface area (Å²) in [5, 5.41) is 5.01. The van der Waals surface area contributed by atoms with Crippen molar-refractivity contribution in [2.24, 2.45) is 16.5 Å². The van der Waals surface area contributed by atoms with Crippen LogP contribution in [0, 0.1) is 11.3 Å². The van der Waals surface area contributed by atoms with Gasteiger partial charge in [-0.1, -0.05) is 30.3 Å². The molecule has 3 rings (SSSR count). The van der Waals surface area contributed by atoms with Crippen LogP contribution in [-0.2, 0) is 26.3 Å². The number of ether oxygens (including phenoxy) is 1. The lowest BCUT2D eigenvalue weighted by atomic mass is 9.91. The number of nitrogens with zero attached hydrogens (tertiary/aromatic N) is 1. The molecule has 0 aromatic heterocycles. The number of hydrogen-bond acceptors (Lipinski definition) is 4. The fourth-order valence-electron chi connectivity index (χ4n) is 3.46. The van der Waals surface area contributed by atoms with E-state index in [0.29, 0.717) is 5.56 Å². The first-order valence-corrected chi connectivity index (χ1v) is 9.05. The molecule has 0 bridgehead atoms. The first-order valence-electron chi connectivity index (χ1n) is 7.55. The third-order valence-corrected chi connectivity index (χ3v) is 6.01. The predicted octanol–water partition coefficient (Wildman–Crippen LogP) is 1.28. The van der Waals surface area contributed by atoms with Crippen molar-refractivity contribution in [3.63, 3.8) is 0 Å². The van der Waals surface area contributed by atoms with Gasteiger partial charge in [-0.25, -0.2) is 13.9 Å². The lowest BCUT2D eigenvalue weighted by Gasteiger charge is -2.30. The number of carbonyl (C=O) groups is 1. The average molecular weight is 360 g/mol. The zero-order chi connectivity index (χ0) is 17.6. The molecule has 1 saturated carbocycles. The summed E-state index contributed by atoms with van der Waals surface area (Å²) in [6.45, 7) is -0.292. The number of halogens is 2. The van der Waals surface area contributed by atoms with E-state index in [9.17, 15) is 22.0 Å². The zero-order valence-corrected chi connectivity index (χ0v) is 13.6. The van der Waals surface area contributed by atoms with Crippen molar-refractivity contribution < 1.29 is 26.7 Å². The van der Waals surface area contributed by atoms with E-state index in [-0.39, 0.29) is 32.5 Å². The van der Waals surface area contributed by atoms with E-state index < -0.39 is 33.4 Å². The van der Waals surface area contributed by atoms with E-state index in [4.69, 9.17) is 9.88 Å². The molecule has 0 unspecified atom stereocenters. The minimum absolute atomic E-state index is 0.0639. The van der Waals surface area contributed by atoms with Crippen LogP contribution in [0.3, 0.4) is 0 Å². The van der Waals surface area contributed by atoms with Crippen LogP contribution < -0.4 is 5.14 Å². The van der Waals surface area contributed by atoms with E-state index in [1.165, 1.54) is 0 Å². The standard InChI is InChI=1S/C15H18F2N2O4S/c16-15(17)12(13(20)23-10-11-4-2-1-3-5-11)14(15)6-8-19(9-7-14)24(18,21)22/h1-5,12H,6-10H2,(H2,18,21,22)/t12-/m0/s1. The maximum Gasteiger partial charge on any atom is 0.316 e. The molecule has 6 nitrogen and oxygen atoms in total. The number of piperidine rings is 1. The first kappa shape index (κ1) is 17.2. The average Bonchev–Trinajstić information content (AvgIpc) is 2.99. The second-order valence-corrected chi connectivity index (χ2v) is 7.80. The molecular weight excluding hydrogens is 342 g/mol. The lowest BCUT2D eigenvalue weighted by molar-refractivity contribution is -0.149. The topological polar surface area (TPSA) is 89.7 Å². The van der Waals surface area contributed by atoms with Crippen molar-refractivity contribution >= 4 is 16.2 Å². The van der Waals surface area contributed by atoms with Crippen molar-refractivity contribution in [1.29, 1.82) is 0 Å². The molecule has 1 aromatic rings. The van der Waals surface area contributed by atoms with Crippen molar-refractivity contribution in [3.05, 3.63) is 35.9 Å². The van der Waals surface area contributed by atoms with Crippen LogP contribution >= 0.6 is 0 Å². The van der Waals surface area contributed by atoms with Gasteiger partial charge in [-0.15, -0.1) is 0 Å². The summed E-state index contributed by atoms with van der Waals surface area (Å²) >= 11 is 0. The van der Waals surface area contributed by atoms with Crippen LogP contribution in [0.1, 0.15) is 18.4 Å². The Hall–Kier alpha value is -1.58. The summed E-state index contributed by atoms with van der Waals surface area (Å²) < 4.78 is 57.0. The number of alkyl halides is 2. The second kappa shape index (κ2) is 5.75. The third-order valence-electron chi connectivity index (χ3n) is 4.93. The van der Waals surface area contributed by atoms with Gasteiger partial charge in [0.2, 0.25) is 0 Å². The van der Waals surface area contributed by atoms with Crippen molar-refractivity contribution in [2.75, 3.05) is 13.1 Å². The highest BCUT2D eigenvalue weighted by molar-refractivity contribution is 7.86. The maximum absolute atomic E-state index is 14.2. The SMILES string of the molecule is NS(=O)(=O)N1CCC2(CC1)[C@H](C(=O)OCc1ccccc1)C2(F)F. The van der Waals surface area contributed by atoms with Gasteiger partial charge in [0.15, 0.2) is 0 Å². The Bertz CT molecular complexity index is 731. The molecule has 24 heavy (non-hydrogen) atoms. The smallest absolute Gasteiger partial charge is 0.316 e. The van der Waals surface area contributed by atoms with E-state index in [1.807, 2.05) is 0 Å². The Labute approximate surface area is 138 Å². The summed E-state index contributed by atoms with van der Waals surface area (Å²) in [5.41, 5.74) is -0.796. The summed E-state index contributed by atoms with van der Waals surface area (Å²) in [5.74, 6) is -5.63. The molecule has 2 fully saturated rings. The number of carbonyl (C=O) groups excluding carboxylic acids is 1. The van der Waals surface area contributed by atoms with Crippen LogP contribution in [0.5, 0.6) is 0 Å². The number of benzene rings is 1. The van der Waals surface area contributed by atoms with Crippen molar-refractivity contribution in [3.8, 4) is 0 Å². The monoisotopic (exact) mass is 360 g/mol. The fraction of sp³-hybridized carbons (Fsp3) is 0.533. The molecule has 132 valence electrons. The van der Waals surface area contributed by atoms with Gasteiger partial charge in [-0.05, 0) is 18.4 Å². The Morgan fingerprint density at radius 1 is 1.25 bits per heavy atom. The van der Waals surface area contributed by atoms with Gasteiger partial charge in [0, 0.05) is 13.1 Å². The number of rotatable bonds is 4. The molecule has 1 spiro atoms. The van der Waals surface area contributed by atoms with Crippen LogP contribution in [0.25, 0.3) is 0 Å². The number of nitrogens with two attached hydrogens (primary N) is 1.